The molecular formula is C22H35N7O4. The molecular weight excluding hydrogens is 426 g/mol. The Hall–Kier alpha value is -2.89. The first kappa shape index (κ1) is 24.7. The van der Waals surface area contributed by atoms with Crippen LogP contribution in [0.5, 0.6) is 11.5 Å². The Labute approximate surface area is 195 Å². The number of hydrogen-bond donors (Lipinski definition) is 3. The van der Waals surface area contributed by atoms with Gasteiger partial charge in [-0.15, -0.1) is 0 Å². The molecule has 33 heavy (non-hydrogen) atoms. The molecule has 182 valence electrons. The number of rotatable bonds is 15. The first-order valence-corrected chi connectivity index (χ1v) is 11.3. The van der Waals surface area contributed by atoms with E-state index in [0.717, 1.165) is 43.0 Å². The first-order chi connectivity index (χ1) is 16.2. The van der Waals surface area contributed by atoms with Gasteiger partial charge in [0.05, 0.1) is 40.6 Å². The summed E-state index contributed by atoms with van der Waals surface area (Å²) in [6.07, 6.45) is 2.28. The van der Waals surface area contributed by atoms with E-state index in [0.29, 0.717) is 63.9 Å². The molecule has 1 fully saturated rings. The fourth-order valence-electron chi connectivity index (χ4n) is 3.37. The molecule has 0 radical (unpaired) electrons. The largest absolute Gasteiger partial charge is 0.497 e. The third-order valence-electron chi connectivity index (χ3n) is 5.04. The molecule has 1 aromatic carbocycles. The van der Waals surface area contributed by atoms with Crippen molar-refractivity contribution in [2.45, 2.75) is 19.4 Å². The molecule has 1 saturated heterocycles. The predicted octanol–water partition coefficient (Wildman–Crippen LogP) is 1.50. The van der Waals surface area contributed by atoms with Crippen LogP contribution < -0.4 is 30.7 Å². The number of hydrogen-bond acceptors (Lipinski definition) is 11. The summed E-state index contributed by atoms with van der Waals surface area (Å²) in [6, 6.07) is 5.74. The molecule has 11 heteroatoms. The molecule has 0 aliphatic carbocycles. The van der Waals surface area contributed by atoms with Gasteiger partial charge in [0.15, 0.2) is 0 Å². The molecule has 11 nitrogen and oxygen atoms in total. The van der Waals surface area contributed by atoms with Crippen LogP contribution in [0, 0.1) is 0 Å². The van der Waals surface area contributed by atoms with E-state index in [1.165, 1.54) is 0 Å². The molecule has 3 rings (SSSR count). The zero-order valence-corrected chi connectivity index (χ0v) is 19.5. The highest BCUT2D eigenvalue weighted by molar-refractivity contribution is 5.45. The van der Waals surface area contributed by atoms with Crippen molar-refractivity contribution < 1.29 is 18.9 Å². The smallest absolute Gasteiger partial charge is 0.231 e. The minimum Gasteiger partial charge on any atom is -0.497 e. The van der Waals surface area contributed by atoms with Crippen LogP contribution in [-0.4, -0.2) is 81.8 Å². The number of nitrogens with one attached hydrogen (secondary N) is 2. The summed E-state index contributed by atoms with van der Waals surface area (Å²) in [5.74, 6) is 3.16. The van der Waals surface area contributed by atoms with Crippen LogP contribution in [0.2, 0.25) is 0 Å². The average Bonchev–Trinajstić information content (AvgIpc) is 3.39. The lowest BCUT2D eigenvalue weighted by molar-refractivity contribution is 0.0547. The Morgan fingerprint density at radius 3 is 2.12 bits per heavy atom. The van der Waals surface area contributed by atoms with Gasteiger partial charge >= 0.3 is 0 Å². The lowest BCUT2D eigenvalue weighted by atomic mass is 10.2. The molecule has 4 N–H and O–H groups in total. The lowest BCUT2D eigenvalue weighted by Gasteiger charge is -2.17. The Morgan fingerprint density at radius 1 is 0.848 bits per heavy atom. The molecule has 0 unspecified atom stereocenters. The monoisotopic (exact) mass is 461 g/mol. The summed E-state index contributed by atoms with van der Waals surface area (Å²) in [5, 5.41) is 6.53. The van der Waals surface area contributed by atoms with Crippen molar-refractivity contribution in [1.82, 2.24) is 15.0 Å². The first-order valence-electron chi connectivity index (χ1n) is 11.3. The Morgan fingerprint density at radius 2 is 1.48 bits per heavy atom. The number of nitrogens with two attached hydrogens (primary N) is 1. The lowest BCUT2D eigenvalue weighted by Crippen LogP contribution is -2.23. The molecule has 0 saturated carbocycles. The Kier molecular flexibility index (Phi) is 10.2. The van der Waals surface area contributed by atoms with E-state index >= 15 is 0 Å². The van der Waals surface area contributed by atoms with Gasteiger partial charge in [0.1, 0.15) is 11.5 Å². The minimum absolute atomic E-state index is 0.507. The number of methoxy groups -OCH3 is 2. The summed E-state index contributed by atoms with van der Waals surface area (Å²) in [4.78, 5) is 15.9. The van der Waals surface area contributed by atoms with Crippen LogP contribution in [0.15, 0.2) is 18.2 Å². The molecule has 1 aliphatic heterocycles. The van der Waals surface area contributed by atoms with Gasteiger partial charge in [-0.2, -0.15) is 15.0 Å². The SMILES string of the molecule is COc1cc(CNc2nc(NCCOCCOCCN)nc(N3CCCC3)n2)cc(OC)c1. The topological polar surface area (TPSA) is 129 Å². The Bertz CT molecular complexity index is 827. The van der Waals surface area contributed by atoms with Gasteiger partial charge in [-0.3, -0.25) is 0 Å². The maximum atomic E-state index is 5.56. The zero-order chi connectivity index (χ0) is 23.3. The highest BCUT2D eigenvalue weighted by Gasteiger charge is 2.17. The quantitative estimate of drug-likeness (QED) is 0.334. The summed E-state index contributed by atoms with van der Waals surface area (Å²) in [7, 11) is 3.27. The molecule has 1 aromatic heterocycles. The summed E-state index contributed by atoms with van der Waals surface area (Å²) in [6.45, 7) is 5.62. The van der Waals surface area contributed by atoms with E-state index in [-0.39, 0.29) is 0 Å². The highest BCUT2D eigenvalue weighted by Crippen LogP contribution is 2.23. The maximum absolute atomic E-state index is 5.56. The van der Waals surface area contributed by atoms with E-state index in [1.54, 1.807) is 14.2 Å². The maximum Gasteiger partial charge on any atom is 0.231 e. The van der Waals surface area contributed by atoms with Gasteiger partial charge in [-0.05, 0) is 30.5 Å². The molecule has 1 aliphatic rings. The summed E-state index contributed by atoms with van der Waals surface area (Å²) in [5.41, 5.74) is 6.39. The summed E-state index contributed by atoms with van der Waals surface area (Å²) < 4.78 is 21.6. The van der Waals surface area contributed by atoms with Crippen molar-refractivity contribution >= 4 is 17.8 Å². The van der Waals surface area contributed by atoms with Crippen LogP contribution in [0.4, 0.5) is 17.8 Å². The second-order valence-electron chi connectivity index (χ2n) is 7.49. The van der Waals surface area contributed by atoms with E-state index in [2.05, 4.69) is 30.5 Å². The van der Waals surface area contributed by atoms with Crippen molar-refractivity contribution in [3.05, 3.63) is 23.8 Å². The average molecular weight is 462 g/mol. The Balaban J connectivity index is 1.60. The van der Waals surface area contributed by atoms with Crippen LogP contribution in [-0.2, 0) is 16.0 Å². The van der Waals surface area contributed by atoms with Crippen LogP contribution in [0.3, 0.4) is 0 Å². The van der Waals surface area contributed by atoms with Gasteiger partial charge in [0.25, 0.3) is 0 Å². The van der Waals surface area contributed by atoms with Crippen molar-refractivity contribution in [2.24, 2.45) is 5.73 Å². The molecule has 0 amide bonds. The van der Waals surface area contributed by atoms with Crippen LogP contribution in [0.25, 0.3) is 0 Å². The molecule has 0 atom stereocenters. The second kappa shape index (κ2) is 13.6. The molecule has 2 heterocycles. The number of anilines is 3. The molecule has 0 spiro atoms. The van der Waals surface area contributed by atoms with Gasteiger partial charge < -0.3 is 40.2 Å². The predicted molar refractivity (Wildman–Crippen MR) is 127 cm³/mol. The number of benzene rings is 1. The number of ether oxygens (including phenoxy) is 4. The van der Waals surface area contributed by atoms with E-state index in [4.69, 9.17) is 24.7 Å². The number of nitrogens with zero attached hydrogens (tertiary/aromatic N) is 4. The van der Waals surface area contributed by atoms with Gasteiger partial charge in [0, 0.05) is 38.8 Å². The third kappa shape index (κ3) is 8.19. The van der Waals surface area contributed by atoms with E-state index in [1.807, 2.05) is 18.2 Å². The van der Waals surface area contributed by atoms with Crippen molar-refractivity contribution in [3.8, 4) is 11.5 Å². The standard InChI is InChI=1S/C22H35N7O4/c1-30-18-13-17(14-19(15-18)31-2)16-25-21-26-20(24-6-10-33-12-11-32-9-5-23)27-22(28-21)29-7-3-4-8-29/h13-15H,3-12,16,23H2,1-2H3,(H2,24,25,26,27,28). The highest BCUT2D eigenvalue weighted by atomic mass is 16.5. The van der Waals surface area contributed by atoms with Gasteiger partial charge in [0.2, 0.25) is 17.8 Å². The van der Waals surface area contributed by atoms with Gasteiger partial charge in [-0.25, -0.2) is 0 Å². The molecule has 2 aromatic rings. The molecule has 0 bridgehead atoms. The van der Waals surface area contributed by atoms with Crippen LogP contribution in [0.1, 0.15) is 18.4 Å². The van der Waals surface area contributed by atoms with Crippen molar-refractivity contribution in [1.29, 1.82) is 0 Å². The normalized spacial score (nSPS) is 13.2. The summed E-state index contributed by atoms with van der Waals surface area (Å²) >= 11 is 0. The third-order valence-corrected chi connectivity index (χ3v) is 5.04. The van der Waals surface area contributed by atoms with Crippen molar-refractivity contribution in [3.63, 3.8) is 0 Å². The fraction of sp³-hybridized carbons (Fsp3) is 0.591. The minimum atomic E-state index is 0.507. The number of aromatic nitrogens is 3. The zero-order valence-electron chi connectivity index (χ0n) is 19.5. The van der Waals surface area contributed by atoms with Gasteiger partial charge in [-0.1, -0.05) is 0 Å². The van der Waals surface area contributed by atoms with Crippen molar-refractivity contribution in [2.75, 3.05) is 82.4 Å². The van der Waals surface area contributed by atoms with E-state index < -0.39 is 0 Å². The van der Waals surface area contributed by atoms with E-state index in [9.17, 15) is 0 Å². The second-order valence-corrected chi connectivity index (χ2v) is 7.49. The fourth-order valence-corrected chi connectivity index (χ4v) is 3.37. The van der Waals surface area contributed by atoms with Crippen LogP contribution >= 0.6 is 0 Å².